The molecule has 0 aliphatic rings. The van der Waals surface area contributed by atoms with E-state index in [4.69, 9.17) is 17.0 Å². The normalized spacial score (nSPS) is 11.4. The molecule has 0 aliphatic carbocycles. The number of nitrogens with one attached hydrogen (secondary N) is 4. The lowest BCUT2D eigenvalue weighted by atomic mass is 10.1. The van der Waals surface area contributed by atoms with Gasteiger partial charge in [0.2, 0.25) is 0 Å². The molecule has 0 spiro atoms. The van der Waals surface area contributed by atoms with Crippen molar-refractivity contribution < 1.29 is 0 Å². The summed E-state index contributed by atoms with van der Waals surface area (Å²) in [7, 11) is 0. The van der Waals surface area contributed by atoms with E-state index in [1.165, 1.54) is 12.3 Å². The van der Waals surface area contributed by atoms with Crippen molar-refractivity contribution >= 4 is 23.4 Å². The lowest BCUT2D eigenvalue weighted by molar-refractivity contribution is 0.656. The van der Waals surface area contributed by atoms with E-state index in [0.717, 1.165) is 24.2 Å². The van der Waals surface area contributed by atoms with Crippen LogP contribution in [-0.2, 0) is 6.54 Å². The van der Waals surface area contributed by atoms with Crippen molar-refractivity contribution in [3.63, 3.8) is 0 Å². The first kappa shape index (κ1) is 22.4. The molecule has 1 aromatic heterocycles. The highest BCUT2D eigenvalue weighted by molar-refractivity contribution is 6.33. The molecular formula is C22H28ClN5O. The number of H-pyrrole nitrogens is 1. The molecule has 0 atom stereocenters. The largest absolute Gasteiger partial charge is 0.390 e. The zero-order valence-corrected chi connectivity index (χ0v) is 17.9. The molecule has 154 valence electrons. The lowest BCUT2D eigenvalue weighted by Crippen LogP contribution is -2.16. The Kier molecular flexibility index (Phi) is 8.21. The van der Waals surface area contributed by atoms with Gasteiger partial charge in [0.05, 0.1) is 10.7 Å². The molecule has 1 aromatic carbocycles. The quantitative estimate of drug-likeness (QED) is 0.344. The van der Waals surface area contributed by atoms with Crippen molar-refractivity contribution in [2.45, 2.75) is 33.7 Å². The van der Waals surface area contributed by atoms with Crippen LogP contribution in [0.15, 0.2) is 47.5 Å². The summed E-state index contributed by atoms with van der Waals surface area (Å²) >= 11 is 6.39. The molecule has 0 unspecified atom stereocenters. The molecule has 0 bridgehead atoms. The Bertz CT molecular complexity index is 962. The number of nitrogens with zero attached hydrogens (tertiary/aromatic N) is 1. The summed E-state index contributed by atoms with van der Waals surface area (Å²) in [5.74, 6) is 0.703. The number of hydrogen-bond acceptors (Lipinski definition) is 5. The van der Waals surface area contributed by atoms with E-state index in [1.54, 1.807) is 12.3 Å². The molecule has 0 saturated heterocycles. The minimum absolute atomic E-state index is 0.305. The summed E-state index contributed by atoms with van der Waals surface area (Å²) in [6.45, 7) is 11.6. The topological polar surface area (TPSA) is 93.7 Å². The fraction of sp³-hybridized carbons (Fsp3) is 0.318. The first-order valence-corrected chi connectivity index (χ1v) is 10.0. The van der Waals surface area contributed by atoms with Crippen molar-refractivity contribution in [1.82, 2.24) is 20.6 Å². The Balaban J connectivity index is 2.38. The van der Waals surface area contributed by atoms with Crippen LogP contribution >= 0.6 is 11.6 Å². The van der Waals surface area contributed by atoms with Crippen LogP contribution < -0.4 is 16.2 Å². The lowest BCUT2D eigenvalue weighted by Gasteiger charge is -2.14. The standard InChI is InChI=1S/C22H28ClN5O/c1-5-8-25-13-17(11-24)20-10-21(29)28-22(27-20)18-9-16(6-7-19(18)23)12-26-15(4)14(2)3/h6-7,9-11,13-14,24-26H,4-5,8,12H2,1-3H3,(H,27,28,29)/b17-13+,24-11?. The summed E-state index contributed by atoms with van der Waals surface area (Å²) in [6.07, 6.45) is 3.82. The third-order valence-electron chi connectivity index (χ3n) is 4.35. The van der Waals surface area contributed by atoms with Gasteiger partial charge in [-0.05, 0) is 30.0 Å². The van der Waals surface area contributed by atoms with Crippen molar-refractivity contribution in [3.8, 4) is 11.4 Å². The zero-order chi connectivity index (χ0) is 21.4. The van der Waals surface area contributed by atoms with Gasteiger partial charge in [-0.25, -0.2) is 4.98 Å². The van der Waals surface area contributed by atoms with Crippen molar-refractivity contribution in [3.05, 3.63) is 69.4 Å². The van der Waals surface area contributed by atoms with Crippen LogP contribution in [0.3, 0.4) is 0 Å². The van der Waals surface area contributed by atoms with Gasteiger partial charge >= 0.3 is 0 Å². The predicted octanol–water partition coefficient (Wildman–Crippen LogP) is 4.34. The van der Waals surface area contributed by atoms with Crippen molar-refractivity contribution in [2.24, 2.45) is 5.92 Å². The summed E-state index contributed by atoms with van der Waals surface area (Å²) < 4.78 is 0. The number of allylic oxidation sites excluding steroid dienone is 2. The molecule has 1 heterocycles. The number of halogens is 1. The molecule has 0 radical (unpaired) electrons. The van der Waals surface area contributed by atoms with Crippen molar-refractivity contribution in [2.75, 3.05) is 6.54 Å². The summed E-state index contributed by atoms with van der Waals surface area (Å²) in [4.78, 5) is 19.5. The monoisotopic (exact) mass is 413 g/mol. The molecular weight excluding hydrogens is 386 g/mol. The predicted molar refractivity (Wildman–Crippen MR) is 121 cm³/mol. The Labute approximate surface area is 176 Å². The van der Waals surface area contributed by atoms with E-state index in [2.05, 4.69) is 48.0 Å². The van der Waals surface area contributed by atoms with Gasteiger partial charge in [0.25, 0.3) is 5.56 Å². The SMILES string of the molecule is C=C(NCc1ccc(Cl)c(-c2nc(/C(C=N)=C/NCCC)cc(=O)[nH]2)c1)C(C)C. The first-order valence-electron chi connectivity index (χ1n) is 9.63. The second-order valence-electron chi connectivity index (χ2n) is 7.03. The Hall–Kier alpha value is -2.86. The number of aromatic amines is 1. The van der Waals surface area contributed by atoms with Gasteiger partial charge in [-0.2, -0.15) is 0 Å². The molecule has 4 N–H and O–H groups in total. The fourth-order valence-electron chi connectivity index (χ4n) is 2.53. The first-order chi connectivity index (χ1) is 13.8. The summed E-state index contributed by atoms with van der Waals surface area (Å²) in [5, 5.41) is 14.6. The van der Waals surface area contributed by atoms with Gasteiger partial charge in [-0.3, -0.25) is 4.79 Å². The number of hydrogen-bond donors (Lipinski definition) is 4. The number of rotatable bonds is 10. The second kappa shape index (κ2) is 10.6. The average Bonchev–Trinajstić information content (AvgIpc) is 2.69. The van der Waals surface area contributed by atoms with Crippen LogP contribution in [0, 0.1) is 11.3 Å². The third-order valence-corrected chi connectivity index (χ3v) is 4.68. The van der Waals surface area contributed by atoms with Gasteiger partial charge in [0.1, 0.15) is 5.82 Å². The van der Waals surface area contributed by atoms with Crippen LogP contribution in [0.1, 0.15) is 38.4 Å². The van der Waals surface area contributed by atoms with E-state index in [0.29, 0.717) is 40.1 Å². The van der Waals surface area contributed by atoms with Crippen LogP contribution in [0.4, 0.5) is 0 Å². The van der Waals surface area contributed by atoms with E-state index >= 15 is 0 Å². The molecule has 7 heteroatoms. The second-order valence-corrected chi connectivity index (χ2v) is 7.43. The smallest absolute Gasteiger partial charge is 0.251 e. The van der Waals surface area contributed by atoms with Crippen LogP contribution in [0.25, 0.3) is 17.0 Å². The van der Waals surface area contributed by atoms with Gasteiger partial charge in [0.15, 0.2) is 0 Å². The molecule has 29 heavy (non-hydrogen) atoms. The highest BCUT2D eigenvalue weighted by Crippen LogP contribution is 2.26. The fourth-order valence-corrected chi connectivity index (χ4v) is 2.74. The molecule has 2 aromatic rings. The number of benzene rings is 1. The Morgan fingerprint density at radius 3 is 2.79 bits per heavy atom. The van der Waals surface area contributed by atoms with E-state index < -0.39 is 0 Å². The molecule has 6 nitrogen and oxygen atoms in total. The van der Waals surface area contributed by atoms with Gasteiger partial charge in [-0.1, -0.05) is 45.0 Å². The number of aromatic nitrogens is 2. The van der Waals surface area contributed by atoms with Crippen LogP contribution in [0.5, 0.6) is 0 Å². The van der Waals surface area contributed by atoms with E-state index in [-0.39, 0.29) is 5.56 Å². The van der Waals surface area contributed by atoms with E-state index in [9.17, 15) is 4.79 Å². The maximum Gasteiger partial charge on any atom is 0.251 e. The molecule has 2 rings (SSSR count). The maximum atomic E-state index is 12.2. The highest BCUT2D eigenvalue weighted by atomic mass is 35.5. The Morgan fingerprint density at radius 1 is 1.38 bits per heavy atom. The molecule has 0 amide bonds. The maximum absolute atomic E-state index is 12.2. The van der Waals surface area contributed by atoms with Crippen LogP contribution in [0.2, 0.25) is 5.02 Å². The minimum Gasteiger partial charge on any atom is -0.390 e. The van der Waals surface area contributed by atoms with E-state index in [1.807, 2.05) is 12.1 Å². The molecule has 0 fully saturated rings. The Morgan fingerprint density at radius 2 is 2.14 bits per heavy atom. The molecule has 0 saturated carbocycles. The highest BCUT2D eigenvalue weighted by Gasteiger charge is 2.11. The zero-order valence-electron chi connectivity index (χ0n) is 17.1. The minimum atomic E-state index is -0.305. The van der Waals surface area contributed by atoms with Gasteiger partial charge in [0, 0.05) is 48.4 Å². The summed E-state index contributed by atoms with van der Waals surface area (Å²) in [5.41, 5.74) is 3.21. The van der Waals surface area contributed by atoms with Crippen molar-refractivity contribution in [1.29, 1.82) is 5.41 Å². The van der Waals surface area contributed by atoms with Gasteiger partial charge < -0.3 is 21.0 Å². The average molecular weight is 414 g/mol. The van der Waals surface area contributed by atoms with Crippen LogP contribution in [-0.4, -0.2) is 22.7 Å². The molecule has 0 aliphatic heterocycles. The summed E-state index contributed by atoms with van der Waals surface area (Å²) in [6, 6.07) is 6.98. The third kappa shape index (κ3) is 6.32. The van der Waals surface area contributed by atoms with Gasteiger partial charge in [-0.15, -0.1) is 0 Å².